The van der Waals surface area contributed by atoms with Crippen LogP contribution in [0.15, 0.2) is 17.1 Å². The molecule has 26 heavy (non-hydrogen) atoms. The number of nitrogens with two attached hydrogens (primary N) is 1. The Bertz CT molecular complexity index is 713. The van der Waals surface area contributed by atoms with Gasteiger partial charge in [-0.3, -0.25) is 4.57 Å². The fourth-order valence-corrected chi connectivity index (χ4v) is 4.59. The maximum absolute atomic E-state index is 12.6. The molecule has 7 nitrogen and oxygen atoms in total. The van der Waals surface area contributed by atoms with Gasteiger partial charge in [-0.25, -0.2) is 9.59 Å². The molecular formula is C18H27N3O4S. The van der Waals surface area contributed by atoms with Gasteiger partial charge >= 0.3 is 11.7 Å². The Kier molecular flexibility index (Phi) is 5.62. The molecule has 144 valence electrons. The lowest BCUT2D eigenvalue weighted by atomic mass is 9.75. The van der Waals surface area contributed by atoms with E-state index in [1.165, 1.54) is 28.6 Å². The van der Waals surface area contributed by atoms with Crippen LogP contribution in [0.5, 0.6) is 0 Å². The second-order valence-electron chi connectivity index (χ2n) is 7.75. The van der Waals surface area contributed by atoms with Gasteiger partial charge in [0.1, 0.15) is 17.6 Å². The number of carbonyl (C=O) groups excluding carboxylic acids is 1. The number of rotatable bonds is 4. The van der Waals surface area contributed by atoms with Crippen LogP contribution in [0.1, 0.15) is 52.7 Å². The van der Waals surface area contributed by atoms with Gasteiger partial charge in [0.25, 0.3) is 0 Å². The van der Waals surface area contributed by atoms with E-state index < -0.39 is 23.0 Å². The van der Waals surface area contributed by atoms with Crippen LogP contribution < -0.4 is 11.4 Å². The largest absolute Gasteiger partial charge is 0.457 e. The van der Waals surface area contributed by atoms with Crippen molar-refractivity contribution in [3.63, 3.8) is 0 Å². The topological polar surface area (TPSA) is 96.4 Å². The van der Waals surface area contributed by atoms with Crippen molar-refractivity contribution in [1.82, 2.24) is 9.55 Å². The van der Waals surface area contributed by atoms with Crippen LogP contribution in [0.2, 0.25) is 0 Å². The lowest BCUT2D eigenvalue weighted by Crippen LogP contribution is -2.39. The minimum Gasteiger partial charge on any atom is -0.457 e. The first-order chi connectivity index (χ1) is 12.3. The lowest BCUT2D eigenvalue weighted by molar-refractivity contribution is -0.172. The van der Waals surface area contributed by atoms with Gasteiger partial charge in [0.2, 0.25) is 5.44 Å². The molecule has 2 fully saturated rings. The molecule has 2 N–H and O–H groups in total. The van der Waals surface area contributed by atoms with Crippen LogP contribution in [0.25, 0.3) is 0 Å². The van der Waals surface area contributed by atoms with Crippen LogP contribution >= 0.6 is 11.8 Å². The fraction of sp³-hybridized carbons (Fsp3) is 0.722. The van der Waals surface area contributed by atoms with E-state index in [4.69, 9.17) is 15.2 Å². The van der Waals surface area contributed by atoms with E-state index in [0.717, 1.165) is 25.7 Å². The highest BCUT2D eigenvalue weighted by molar-refractivity contribution is 8.00. The van der Waals surface area contributed by atoms with Gasteiger partial charge in [-0.1, -0.05) is 13.8 Å². The summed E-state index contributed by atoms with van der Waals surface area (Å²) < 4.78 is 12.9. The Morgan fingerprint density at radius 1 is 1.46 bits per heavy atom. The molecule has 8 heteroatoms. The van der Waals surface area contributed by atoms with E-state index in [1.54, 1.807) is 0 Å². The first kappa shape index (κ1) is 19.2. The first-order valence-corrected chi connectivity index (χ1v) is 10.2. The second-order valence-corrected chi connectivity index (χ2v) is 8.85. The number of hydrogen-bond acceptors (Lipinski definition) is 7. The van der Waals surface area contributed by atoms with Crippen LogP contribution in [-0.4, -0.2) is 32.3 Å². The third-order valence-corrected chi connectivity index (χ3v) is 6.49. The summed E-state index contributed by atoms with van der Waals surface area (Å²) in [6.45, 7) is 6.50. The molecule has 2 atom stereocenters. The summed E-state index contributed by atoms with van der Waals surface area (Å²) in [7, 11) is 0. The molecule has 2 unspecified atom stereocenters. The number of carbonyl (C=O) groups is 1. The van der Waals surface area contributed by atoms with Crippen molar-refractivity contribution in [2.45, 2.75) is 63.7 Å². The van der Waals surface area contributed by atoms with Gasteiger partial charge in [-0.2, -0.15) is 4.98 Å². The Morgan fingerprint density at radius 2 is 2.15 bits per heavy atom. The van der Waals surface area contributed by atoms with Gasteiger partial charge in [0.15, 0.2) is 0 Å². The summed E-state index contributed by atoms with van der Waals surface area (Å²) in [5, 5.41) is 0. The van der Waals surface area contributed by atoms with Crippen molar-refractivity contribution >= 4 is 23.5 Å². The zero-order valence-corrected chi connectivity index (χ0v) is 16.3. The van der Waals surface area contributed by atoms with Crippen molar-refractivity contribution in [3.8, 4) is 0 Å². The van der Waals surface area contributed by atoms with Gasteiger partial charge < -0.3 is 15.2 Å². The van der Waals surface area contributed by atoms with E-state index in [-0.39, 0.29) is 11.8 Å². The molecule has 2 aliphatic rings. The summed E-state index contributed by atoms with van der Waals surface area (Å²) in [5.74, 6) is 1.65. The highest BCUT2D eigenvalue weighted by Gasteiger charge is 2.40. The lowest BCUT2D eigenvalue weighted by Gasteiger charge is -2.38. The number of thioether (sulfide) groups is 1. The molecule has 0 bridgehead atoms. The quantitative estimate of drug-likeness (QED) is 0.801. The van der Waals surface area contributed by atoms with Crippen LogP contribution in [0.3, 0.4) is 0 Å². The Labute approximate surface area is 157 Å². The Morgan fingerprint density at radius 3 is 2.77 bits per heavy atom. The second kappa shape index (κ2) is 7.60. The van der Waals surface area contributed by atoms with E-state index >= 15 is 0 Å². The first-order valence-electron chi connectivity index (χ1n) is 9.12. The summed E-state index contributed by atoms with van der Waals surface area (Å²) in [4.78, 5) is 28.2. The van der Waals surface area contributed by atoms with Gasteiger partial charge in [-0.15, -0.1) is 11.8 Å². The van der Waals surface area contributed by atoms with Crippen molar-refractivity contribution in [1.29, 1.82) is 0 Å². The van der Waals surface area contributed by atoms with E-state index in [0.29, 0.717) is 17.6 Å². The minimum absolute atomic E-state index is 0.165. The van der Waals surface area contributed by atoms with Gasteiger partial charge in [0, 0.05) is 11.9 Å². The third kappa shape index (κ3) is 4.23. The molecule has 1 saturated carbocycles. The molecule has 1 aliphatic carbocycles. The molecule has 1 aromatic rings. The molecule has 0 radical (unpaired) electrons. The molecule has 0 aromatic carbocycles. The summed E-state index contributed by atoms with van der Waals surface area (Å²) in [6, 6.07) is 1.54. The number of hydrogen-bond donors (Lipinski definition) is 1. The average molecular weight is 381 g/mol. The molecular weight excluding hydrogens is 354 g/mol. The predicted octanol–water partition coefficient (Wildman–Crippen LogP) is 2.56. The van der Waals surface area contributed by atoms with Crippen LogP contribution in [0.4, 0.5) is 5.82 Å². The normalized spacial score (nSPS) is 31.9. The number of ether oxygens (including phenoxy) is 2. The molecule has 2 heterocycles. The van der Waals surface area contributed by atoms with E-state index in [2.05, 4.69) is 18.8 Å². The SMILES string of the molecule is CC(C)C1CCC(C)(OC(=O)C2OC(n3ccc(N)nc3=O)CS2)CC1. The predicted molar refractivity (Wildman–Crippen MR) is 101 cm³/mol. The number of nitrogens with zero attached hydrogens (tertiary/aromatic N) is 2. The number of aromatic nitrogens is 2. The maximum atomic E-state index is 12.6. The number of nitrogen functional groups attached to an aromatic ring is 1. The number of anilines is 1. The maximum Gasteiger partial charge on any atom is 0.351 e. The van der Waals surface area contributed by atoms with Crippen molar-refractivity contribution in [2.75, 3.05) is 11.5 Å². The Balaban J connectivity index is 1.57. The zero-order chi connectivity index (χ0) is 18.9. The Hall–Kier alpha value is -1.54. The smallest absolute Gasteiger partial charge is 0.351 e. The molecule has 3 rings (SSSR count). The third-order valence-electron chi connectivity index (χ3n) is 5.40. The molecule has 1 aromatic heterocycles. The highest BCUT2D eigenvalue weighted by Crippen LogP contribution is 2.39. The zero-order valence-electron chi connectivity index (χ0n) is 15.5. The monoisotopic (exact) mass is 381 g/mol. The van der Waals surface area contributed by atoms with Gasteiger partial charge in [-0.05, 0) is 50.5 Å². The van der Waals surface area contributed by atoms with Gasteiger partial charge in [0.05, 0.1) is 0 Å². The standard InChI is InChI=1S/C18H27N3O4S/c1-11(2)12-4-7-18(3,8-5-12)25-15(22)16-24-14(10-26-16)21-9-6-13(19)20-17(21)23/h6,9,11-12,14,16H,4-5,7-8,10H2,1-3H3,(H2,19,20,23). The molecule has 1 saturated heterocycles. The molecule has 1 aliphatic heterocycles. The van der Waals surface area contributed by atoms with Crippen molar-refractivity contribution in [3.05, 3.63) is 22.7 Å². The summed E-state index contributed by atoms with van der Waals surface area (Å²) >= 11 is 1.34. The average Bonchev–Trinajstić information content (AvgIpc) is 3.04. The van der Waals surface area contributed by atoms with Crippen molar-refractivity contribution in [2.24, 2.45) is 11.8 Å². The van der Waals surface area contributed by atoms with E-state index in [1.807, 2.05) is 6.92 Å². The van der Waals surface area contributed by atoms with Crippen LogP contribution in [-0.2, 0) is 14.3 Å². The molecule has 0 spiro atoms. The number of esters is 1. The van der Waals surface area contributed by atoms with E-state index in [9.17, 15) is 9.59 Å². The minimum atomic E-state index is -0.718. The fourth-order valence-electron chi connectivity index (χ4n) is 3.62. The van der Waals surface area contributed by atoms with Crippen LogP contribution in [0, 0.1) is 11.8 Å². The van der Waals surface area contributed by atoms with Crippen molar-refractivity contribution < 1.29 is 14.3 Å². The molecule has 0 amide bonds. The summed E-state index contributed by atoms with van der Waals surface area (Å²) in [5.41, 5.74) is 3.88. The summed E-state index contributed by atoms with van der Waals surface area (Å²) in [6.07, 6.45) is 4.92. The highest BCUT2D eigenvalue weighted by atomic mass is 32.2.